The number of benzene rings is 1. The summed E-state index contributed by atoms with van der Waals surface area (Å²) >= 11 is 8.84. The summed E-state index contributed by atoms with van der Waals surface area (Å²) in [7, 11) is 0. The molecule has 1 N–H and O–H groups in total. The fourth-order valence-electron chi connectivity index (χ4n) is 4.17. The van der Waals surface area contributed by atoms with E-state index in [1.807, 2.05) is 5.38 Å². The van der Waals surface area contributed by atoms with Crippen LogP contribution in [0, 0.1) is 0 Å². The molecule has 9 heteroatoms. The van der Waals surface area contributed by atoms with E-state index in [2.05, 4.69) is 10.3 Å². The summed E-state index contributed by atoms with van der Waals surface area (Å²) in [5, 5.41) is 6.59. The van der Waals surface area contributed by atoms with Crippen LogP contribution in [0.15, 0.2) is 29.6 Å². The maximum absolute atomic E-state index is 13.3. The normalized spacial score (nSPS) is 15.3. The molecule has 164 valence electrons. The number of thiazole rings is 1. The van der Waals surface area contributed by atoms with Crippen molar-refractivity contribution < 1.29 is 14.4 Å². The Balaban J connectivity index is 1.35. The monoisotopic (exact) mass is 485 g/mol. The van der Waals surface area contributed by atoms with Gasteiger partial charge in [-0.25, -0.2) is 4.98 Å². The van der Waals surface area contributed by atoms with Gasteiger partial charge in [-0.05, 0) is 55.5 Å². The quantitative estimate of drug-likeness (QED) is 0.504. The number of nitrogens with zero attached hydrogens (tertiary/aromatic N) is 2. The van der Waals surface area contributed by atoms with E-state index in [9.17, 15) is 14.4 Å². The molecule has 0 saturated carbocycles. The summed E-state index contributed by atoms with van der Waals surface area (Å²) in [4.78, 5) is 45.3. The Morgan fingerprint density at radius 3 is 2.69 bits per heavy atom. The molecule has 1 saturated heterocycles. The van der Waals surface area contributed by atoms with Gasteiger partial charge in [0, 0.05) is 33.8 Å². The lowest BCUT2D eigenvalue weighted by Crippen LogP contribution is -2.23. The van der Waals surface area contributed by atoms with E-state index in [1.54, 1.807) is 29.2 Å². The lowest BCUT2D eigenvalue weighted by molar-refractivity contribution is -0.117. The Morgan fingerprint density at radius 1 is 1.12 bits per heavy atom. The van der Waals surface area contributed by atoms with Crippen LogP contribution < -0.4 is 10.2 Å². The first-order chi connectivity index (χ1) is 15.5. The molecule has 0 spiro atoms. The largest absolute Gasteiger partial charge is 0.317 e. The molecule has 2 aliphatic rings. The van der Waals surface area contributed by atoms with Crippen molar-refractivity contribution in [1.29, 1.82) is 0 Å². The van der Waals surface area contributed by atoms with E-state index in [-0.39, 0.29) is 24.0 Å². The molecular formula is C23H20ClN3O3S2. The number of nitrogens with one attached hydrogen (secondary N) is 1. The molecule has 3 heterocycles. The highest BCUT2D eigenvalue weighted by molar-refractivity contribution is 7.17. The van der Waals surface area contributed by atoms with Crippen LogP contribution in [0.25, 0.3) is 0 Å². The number of amides is 2. The van der Waals surface area contributed by atoms with Crippen molar-refractivity contribution in [3.63, 3.8) is 0 Å². The van der Waals surface area contributed by atoms with E-state index in [4.69, 9.17) is 11.6 Å². The third-order valence-corrected chi connectivity index (χ3v) is 8.06. The Kier molecular flexibility index (Phi) is 5.84. The minimum absolute atomic E-state index is 0.0776. The molecule has 6 nitrogen and oxygen atoms in total. The number of aromatic nitrogens is 1. The average Bonchev–Trinajstić information content (AvgIpc) is 3.53. The van der Waals surface area contributed by atoms with E-state index in [0.29, 0.717) is 44.9 Å². The van der Waals surface area contributed by atoms with Gasteiger partial charge in [-0.15, -0.1) is 22.7 Å². The van der Waals surface area contributed by atoms with Crippen LogP contribution in [-0.2, 0) is 28.9 Å². The van der Waals surface area contributed by atoms with Gasteiger partial charge < -0.3 is 5.32 Å². The summed E-state index contributed by atoms with van der Waals surface area (Å²) in [6.45, 7) is 0.675. The molecule has 1 aliphatic carbocycles. The fraction of sp³-hybridized carbons (Fsp3) is 0.304. The first-order valence-corrected chi connectivity index (χ1v) is 12.6. The second kappa shape index (κ2) is 8.77. The molecule has 0 bridgehead atoms. The molecule has 1 fully saturated rings. The highest BCUT2D eigenvalue weighted by atomic mass is 35.5. The number of thiophene rings is 1. The Morgan fingerprint density at radius 2 is 1.94 bits per heavy atom. The van der Waals surface area contributed by atoms with Gasteiger partial charge in [0.2, 0.25) is 11.8 Å². The molecule has 2 amide bonds. The molecule has 0 radical (unpaired) electrons. The second-order valence-electron chi connectivity index (χ2n) is 7.89. The van der Waals surface area contributed by atoms with Gasteiger partial charge in [0.15, 0.2) is 10.9 Å². The fourth-order valence-corrected chi connectivity index (χ4v) is 6.46. The van der Waals surface area contributed by atoms with Gasteiger partial charge in [-0.3, -0.25) is 19.3 Å². The summed E-state index contributed by atoms with van der Waals surface area (Å²) in [5.41, 5.74) is 2.82. The van der Waals surface area contributed by atoms with Gasteiger partial charge in [0.1, 0.15) is 5.00 Å². The number of rotatable bonds is 6. The summed E-state index contributed by atoms with van der Waals surface area (Å²) in [5.74, 6) is -0.242. The van der Waals surface area contributed by atoms with Crippen molar-refractivity contribution in [1.82, 2.24) is 4.98 Å². The minimum Gasteiger partial charge on any atom is -0.317 e. The zero-order valence-corrected chi connectivity index (χ0v) is 19.5. The predicted octanol–water partition coefficient (Wildman–Crippen LogP) is 4.89. The number of aryl methyl sites for hydroxylation is 1. The van der Waals surface area contributed by atoms with E-state index in [0.717, 1.165) is 31.2 Å². The van der Waals surface area contributed by atoms with Crippen LogP contribution in [0.2, 0.25) is 5.02 Å². The molecule has 3 aromatic rings. The first kappa shape index (κ1) is 21.3. The van der Waals surface area contributed by atoms with E-state index in [1.165, 1.54) is 27.6 Å². The standard InChI is InChI=1S/C23H20ClN3O3S2/c24-14-8-6-13(7-9-14)21(30)20-16-3-1-4-17(16)32-22(20)26-18(28)11-15-12-31-23(25-15)27-10-2-5-19(27)29/h6-9,12H,1-5,10-11H2,(H,26,28). The number of carbonyl (C=O) groups is 3. The Labute approximate surface area is 198 Å². The van der Waals surface area contributed by atoms with Crippen LogP contribution in [0.4, 0.5) is 10.1 Å². The SMILES string of the molecule is O=C(Cc1csc(N2CCCC2=O)n1)Nc1sc2c(c1C(=O)c1ccc(Cl)cc1)CCC2. The van der Waals surface area contributed by atoms with Gasteiger partial charge in [-0.2, -0.15) is 0 Å². The topological polar surface area (TPSA) is 79.4 Å². The smallest absolute Gasteiger partial charge is 0.231 e. The van der Waals surface area contributed by atoms with Crippen molar-refractivity contribution in [2.75, 3.05) is 16.8 Å². The predicted molar refractivity (Wildman–Crippen MR) is 127 cm³/mol. The third-order valence-electron chi connectivity index (χ3n) is 5.69. The maximum Gasteiger partial charge on any atom is 0.231 e. The zero-order valence-electron chi connectivity index (χ0n) is 17.2. The van der Waals surface area contributed by atoms with Gasteiger partial charge in [0.25, 0.3) is 0 Å². The van der Waals surface area contributed by atoms with Crippen molar-refractivity contribution in [3.05, 3.63) is 61.9 Å². The number of ketones is 1. The number of carbonyl (C=O) groups excluding carboxylic acids is 3. The maximum atomic E-state index is 13.3. The summed E-state index contributed by atoms with van der Waals surface area (Å²) in [6, 6.07) is 6.83. The molecule has 0 atom stereocenters. The number of anilines is 2. The minimum atomic E-state index is -0.223. The van der Waals surface area contributed by atoms with Crippen LogP contribution in [0.3, 0.4) is 0 Å². The van der Waals surface area contributed by atoms with Gasteiger partial charge in [0.05, 0.1) is 17.7 Å². The number of hydrogen-bond acceptors (Lipinski definition) is 6. The van der Waals surface area contributed by atoms with Crippen molar-refractivity contribution >= 4 is 62.0 Å². The molecule has 32 heavy (non-hydrogen) atoms. The van der Waals surface area contributed by atoms with Gasteiger partial charge >= 0.3 is 0 Å². The zero-order chi connectivity index (χ0) is 22.2. The third kappa shape index (κ3) is 4.10. The molecule has 1 aliphatic heterocycles. The number of fused-ring (bicyclic) bond motifs is 1. The molecule has 2 aromatic heterocycles. The average molecular weight is 486 g/mol. The highest BCUT2D eigenvalue weighted by Crippen LogP contribution is 2.40. The lowest BCUT2D eigenvalue weighted by Gasteiger charge is -2.10. The molecule has 0 unspecified atom stereocenters. The second-order valence-corrected chi connectivity index (χ2v) is 10.3. The highest BCUT2D eigenvalue weighted by Gasteiger charge is 2.29. The Hall–Kier alpha value is -2.55. The Bertz CT molecular complexity index is 1220. The van der Waals surface area contributed by atoms with E-state index >= 15 is 0 Å². The van der Waals surface area contributed by atoms with Crippen molar-refractivity contribution in [2.45, 2.75) is 38.5 Å². The van der Waals surface area contributed by atoms with E-state index < -0.39 is 0 Å². The summed E-state index contributed by atoms with van der Waals surface area (Å²) < 4.78 is 0. The van der Waals surface area contributed by atoms with Crippen molar-refractivity contribution in [3.8, 4) is 0 Å². The van der Waals surface area contributed by atoms with Crippen LogP contribution in [0.5, 0.6) is 0 Å². The van der Waals surface area contributed by atoms with Crippen molar-refractivity contribution in [2.24, 2.45) is 0 Å². The first-order valence-electron chi connectivity index (χ1n) is 10.5. The van der Waals surface area contributed by atoms with Crippen LogP contribution >= 0.6 is 34.3 Å². The molecule has 5 rings (SSSR count). The molecule has 1 aromatic carbocycles. The number of hydrogen-bond donors (Lipinski definition) is 1. The summed E-state index contributed by atoms with van der Waals surface area (Å²) in [6.07, 6.45) is 4.26. The van der Waals surface area contributed by atoms with Gasteiger partial charge in [-0.1, -0.05) is 11.6 Å². The lowest BCUT2D eigenvalue weighted by atomic mass is 10.0. The van der Waals surface area contributed by atoms with Crippen LogP contribution in [0.1, 0.15) is 51.3 Å². The van der Waals surface area contributed by atoms with Crippen LogP contribution in [-0.4, -0.2) is 29.1 Å². The number of halogens is 1. The molecular weight excluding hydrogens is 466 g/mol.